The quantitative estimate of drug-likeness (QED) is 0.743. The molecule has 128 valence electrons. The first-order valence-corrected chi connectivity index (χ1v) is 10.4. The van der Waals surface area contributed by atoms with Gasteiger partial charge in [-0.1, -0.05) is 19.3 Å². The fourth-order valence-corrected chi connectivity index (χ4v) is 5.95. The number of sulfone groups is 1. The molecule has 0 aromatic carbocycles. The van der Waals surface area contributed by atoms with Crippen molar-refractivity contribution in [2.45, 2.75) is 44.6 Å². The molecule has 1 amide bonds. The molecule has 1 aliphatic carbocycles. The highest BCUT2D eigenvalue weighted by Crippen LogP contribution is 2.37. The summed E-state index contributed by atoms with van der Waals surface area (Å²) in [4.78, 5) is 16.9. The molecule has 0 N–H and O–H groups in total. The van der Waals surface area contributed by atoms with Gasteiger partial charge in [0.25, 0.3) is 0 Å². The maximum atomic E-state index is 12.8. The Bertz CT molecular complexity index is 597. The van der Waals surface area contributed by atoms with Gasteiger partial charge in [0.2, 0.25) is 5.91 Å². The molecule has 2 saturated heterocycles. The van der Waals surface area contributed by atoms with Gasteiger partial charge in [0, 0.05) is 32.2 Å². The molecule has 3 fully saturated rings. The van der Waals surface area contributed by atoms with Crippen molar-refractivity contribution in [1.29, 1.82) is 5.26 Å². The molecule has 0 aromatic rings. The van der Waals surface area contributed by atoms with Gasteiger partial charge in [-0.2, -0.15) is 5.26 Å². The van der Waals surface area contributed by atoms with Crippen molar-refractivity contribution >= 4 is 15.7 Å². The lowest BCUT2D eigenvalue weighted by Crippen LogP contribution is -2.55. The lowest BCUT2D eigenvalue weighted by molar-refractivity contribution is -0.142. The van der Waals surface area contributed by atoms with Gasteiger partial charge >= 0.3 is 0 Å². The van der Waals surface area contributed by atoms with Crippen molar-refractivity contribution in [3.63, 3.8) is 0 Å². The van der Waals surface area contributed by atoms with E-state index in [0.717, 1.165) is 19.3 Å². The normalized spacial score (nSPS) is 30.7. The first-order valence-electron chi connectivity index (χ1n) is 8.61. The number of hydrogen-bond donors (Lipinski definition) is 0. The molecule has 3 aliphatic rings. The van der Waals surface area contributed by atoms with Crippen molar-refractivity contribution in [1.82, 2.24) is 9.80 Å². The van der Waals surface area contributed by atoms with Crippen molar-refractivity contribution in [2.24, 2.45) is 5.41 Å². The van der Waals surface area contributed by atoms with E-state index in [2.05, 4.69) is 11.0 Å². The average molecular weight is 339 g/mol. The van der Waals surface area contributed by atoms with Gasteiger partial charge in [-0.3, -0.25) is 9.69 Å². The first kappa shape index (κ1) is 16.7. The van der Waals surface area contributed by atoms with E-state index in [0.29, 0.717) is 45.4 Å². The van der Waals surface area contributed by atoms with Crippen LogP contribution in [0.3, 0.4) is 0 Å². The van der Waals surface area contributed by atoms with Crippen LogP contribution in [0, 0.1) is 16.7 Å². The molecule has 1 saturated carbocycles. The number of rotatable bonds is 2. The van der Waals surface area contributed by atoms with E-state index >= 15 is 0 Å². The molecule has 2 aliphatic heterocycles. The Balaban J connectivity index is 1.58. The molecular formula is C16H25N3O3S. The number of amides is 1. The van der Waals surface area contributed by atoms with Crippen molar-refractivity contribution in [3.05, 3.63) is 0 Å². The van der Waals surface area contributed by atoms with Crippen LogP contribution < -0.4 is 0 Å². The molecule has 1 atom stereocenters. The number of carbonyl (C=O) groups is 1. The van der Waals surface area contributed by atoms with Crippen LogP contribution in [-0.4, -0.2) is 67.9 Å². The van der Waals surface area contributed by atoms with Gasteiger partial charge in [0.15, 0.2) is 9.84 Å². The summed E-state index contributed by atoms with van der Waals surface area (Å²) < 4.78 is 23.2. The Morgan fingerprint density at radius 1 is 1.09 bits per heavy atom. The Morgan fingerprint density at radius 3 is 2.26 bits per heavy atom. The lowest BCUT2D eigenvalue weighted by atomic mass is 9.74. The molecule has 0 bridgehead atoms. The van der Waals surface area contributed by atoms with E-state index in [1.807, 2.05) is 4.90 Å². The minimum Gasteiger partial charge on any atom is -0.339 e. The van der Waals surface area contributed by atoms with Gasteiger partial charge in [0.1, 0.15) is 5.41 Å². The molecule has 7 heteroatoms. The number of nitrogens with zero attached hydrogens (tertiary/aromatic N) is 3. The number of piperazine rings is 1. The summed E-state index contributed by atoms with van der Waals surface area (Å²) in [5.41, 5.74) is -0.808. The maximum absolute atomic E-state index is 12.8. The van der Waals surface area contributed by atoms with E-state index in [1.165, 1.54) is 0 Å². The Morgan fingerprint density at radius 2 is 1.74 bits per heavy atom. The minimum absolute atomic E-state index is 0.00149. The highest BCUT2D eigenvalue weighted by atomic mass is 32.2. The third kappa shape index (κ3) is 3.38. The Hall–Kier alpha value is -1.13. The van der Waals surface area contributed by atoms with E-state index in [9.17, 15) is 18.5 Å². The number of carbonyl (C=O) groups excluding carboxylic acids is 1. The van der Waals surface area contributed by atoms with Gasteiger partial charge in [-0.25, -0.2) is 8.42 Å². The van der Waals surface area contributed by atoms with Crippen LogP contribution in [-0.2, 0) is 14.6 Å². The molecule has 23 heavy (non-hydrogen) atoms. The maximum Gasteiger partial charge on any atom is 0.243 e. The van der Waals surface area contributed by atoms with Crippen molar-refractivity contribution < 1.29 is 13.2 Å². The second kappa shape index (κ2) is 6.40. The van der Waals surface area contributed by atoms with Crippen molar-refractivity contribution in [2.75, 3.05) is 37.7 Å². The SMILES string of the molecule is N#CC1(C(=O)N2CCN([C@@H]3CCS(=O)(=O)C3)CC2)CCCCC1. The van der Waals surface area contributed by atoms with Gasteiger partial charge in [-0.05, 0) is 19.3 Å². The largest absolute Gasteiger partial charge is 0.339 e. The predicted molar refractivity (Wildman–Crippen MR) is 86.3 cm³/mol. The monoisotopic (exact) mass is 339 g/mol. The zero-order valence-electron chi connectivity index (χ0n) is 13.5. The van der Waals surface area contributed by atoms with Gasteiger partial charge in [0.05, 0.1) is 17.6 Å². The highest BCUT2D eigenvalue weighted by molar-refractivity contribution is 7.91. The van der Waals surface area contributed by atoms with E-state index in [1.54, 1.807) is 0 Å². The highest BCUT2D eigenvalue weighted by Gasteiger charge is 2.43. The molecule has 3 rings (SSSR count). The second-order valence-electron chi connectivity index (χ2n) is 7.14. The summed E-state index contributed by atoms with van der Waals surface area (Å²) >= 11 is 0. The third-order valence-corrected chi connectivity index (χ3v) is 7.41. The molecular weight excluding hydrogens is 314 g/mol. The topological polar surface area (TPSA) is 81.5 Å². The van der Waals surface area contributed by atoms with Crippen LogP contribution in [0.4, 0.5) is 0 Å². The molecule has 0 aromatic heterocycles. The van der Waals surface area contributed by atoms with Gasteiger partial charge in [-0.15, -0.1) is 0 Å². The lowest BCUT2D eigenvalue weighted by Gasteiger charge is -2.41. The minimum atomic E-state index is -2.87. The third-order valence-electron chi connectivity index (χ3n) is 5.66. The summed E-state index contributed by atoms with van der Waals surface area (Å²) in [6, 6.07) is 2.42. The standard InChI is InChI=1S/C16H25N3O3S/c17-13-16(5-2-1-3-6-16)15(20)19-9-7-18(8-10-19)14-4-11-23(21,22)12-14/h14H,1-12H2/t14-/m1/s1. The van der Waals surface area contributed by atoms with Crippen LogP contribution >= 0.6 is 0 Å². The predicted octanol–water partition coefficient (Wildman–Crippen LogP) is 0.792. The summed E-state index contributed by atoms with van der Waals surface area (Å²) in [5.74, 6) is 0.538. The van der Waals surface area contributed by atoms with Crippen LogP contribution in [0.1, 0.15) is 38.5 Å². The van der Waals surface area contributed by atoms with Crippen molar-refractivity contribution in [3.8, 4) is 6.07 Å². The van der Waals surface area contributed by atoms with Crippen LogP contribution in [0.2, 0.25) is 0 Å². The molecule has 0 unspecified atom stereocenters. The molecule has 0 radical (unpaired) electrons. The van der Waals surface area contributed by atoms with Crippen LogP contribution in [0.25, 0.3) is 0 Å². The van der Waals surface area contributed by atoms with Crippen LogP contribution in [0.5, 0.6) is 0 Å². The Labute approximate surface area is 138 Å². The van der Waals surface area contributed by atoms with E-state index in [4.69, 9.17) is 0 Å². The summed E-state index contributed by atoms with van der Waals surface area (Å²) in [7, 11) is -2.87. The van der Waals surface area contributed by atoms with E-state index < -0.39 is 15.3 Å². The fraction of sp³-hybridized carbons (Fsp3) is 0.875. The zero-order valence-corrected chi connectivity index (χ0v) is 14.4. The van der Waals surface area contributed by atoms with Gasteiger partial charge < -0.3 is 4.90 Å². The molecule has 2 heterocycles. The average Bonchev–Trinajstić information content (AvgIpc) is 2.95. The molecule has 0 spiro atoms. The fourth-order valence-electron chi connectivity index (χ4n) is 4.19. The smallest absolute Gasteiger partial charge is 0.243 e. The Kier molecular flexibility index (Phi) is 4.65. The summed E-state index contributed by atoms with van der Waals surface area (Å²) in [5, 5.41) is 9.55. The first-order chi connectivity index (χ1) is 11.0. The second-order valence-corrected chi connectivity index (χ2v) is 9.37. The number of nitriles is 1. The summed E-state index contributed by atoms with van der Waals surface area (Å²) in [6.45, 7) is 2.65. The van der Waals surface area contributed by atoms with E-state index in [-0.39, 0.29) is 23.5 Å². The number of hydrogen-bond acceptors (Lipinski definition) is 5. The molecule has 6 nitrogen and oxygen atoms in total. The zero-order chi connectivity index (χ0) is 16.5. The van der Waals surface area contributed by atoms with Crippen LogP contribution in [0.15, 0.2) is 0 Å². The summed E-state index contributed by atoms with van der Waals surface area (Å²) in [6.07, 6.45) is 5.10.